The number of nitrogens with one attached hydrogen (secondary N) is 1. The SMILES string of the molecule is CCCCCCCCc1ccc(C2CCC(C(=O)n3cnc(NC(C)=O)n3)CC2)cc1. The Bertz CT molecular complexity index is 835. The number of aromatic nitrogens is 3. The van der Waals surface area contributed by atoms with Crippen molar-refractivity contribution < 1.29 is 9.59 Å². The number of hydrogen-bond donors (Lipinski definition) is 1. The molecule has 0 spiro atoms. The Kier molecular flexibility index (Phi) is 8.80. The van der Waals surface area contributed by atoms with Crippen LogP contribution in [0.2, 0.25) is 0 Å². The van der Waals surface area contributed by atoms with Crippen molar-refractivity contribution in [3.8, 4) is 0 Å². The van der Waals surface area contributed by atoms with Crippen LogP contribution in [0.25, 0.3) is 0 Å². The number of rotatable bonds is 10. The number of amides is 1. The standard InChI is InChI=1S/C25H36N4O2/c1-3-4-5-6-7-8-9-20-10-12-21(13-11-20)22-14-16-23(17-15-22)24(31)29-18-26-25(28-29)27-19(2)30/h10-13,18,22-23H,3-9,14-17H2,1-2H3,(H,27,28,30). The van der Waals surface area contributed by atoms with E-state index in [1.54, 1.807) is 0 Å². The fourth-order valence-electron chi connectivity index (χ4n) is 4.51. The van der Waals surface area contributed by atoms with Gasteiger partial charge < -0.3 is 0 Å². The molecule has 1 amide bonds. The molecule has 6 heteroatoms. The van der Waals surface area contributed by atoms with Gasteiger partial charge in [-0.1, -0.05) is 63.3 Å². The van der Waals surface area contributed by atoms with Gasteiger partial charge in [0.25, 0.3) is 5.91 Å². The minimum atomic E-state index is -0.247. The normalized spacial score (nSPS) is 18.6. The summed E-state index contributed by atoms with van der Waals surface area (Å²) in [4.78, 5) is 27.8. The smallest absolute Gasteiger partial charge is 0.251 e. The zero-order valence-electron chi connectivity index (χ0n) is 19.0. The van der Waals surface area contributed by atoms with Crippen LogP contribution in [0, 0.1) is 5.92 Å². The number of aryl methyl sites for hydroxylation is 1. The van der Waals surface area contributed by atoms with Gasteiger partial charge in [-0.3, -0.25) is 14.9 Å². The van der Waals surface area contributed by atoms with Crippen molar-refractivity contribution >= 4 is 17.8 Å². The first-order chi connectivity index (χ1) is 15.1. The maximum atomic E-state index is 12.7. The molecule has 1 N–H and O–H groups in total. The van der Waals surface area contributed by atoms with Gasteiger partial charge in [0.15, 0.2) is 0 Å². The molecule has 2 aromatic rings. The van der Waals surface area contributed by atoms with Gasteiger partial charge in [0.2, 0.25) is 11.9 Å². The molecule has 31 heavy (non-hydrogen) atoms. The van der Waals surface area contributed by atoms with E-state index in [0.29, 0.717) is 5.92 Å². The molecule has 0 atom stereocenters. The molecule has 1 fully saturated rings. The van der Waals surface area contributed by atoms with Crippen molar-refractivity contribution in [2.75, 3.05) is 5.32 Å². The zero-order valence-corrected chi connectivity index (χ0v) is 19.0. The third-order valence-corrected chi connectivity index (χ3v) is 6.35. The Morgan fingerprint density at radius 2 is 1.68 bits per heavy atom. The van der Waals surface area contributed by atoms with Crippen molar-refractivity contribution in [3.63, 3.8) is 0 Å². The monoisotopic (exact) mass is 424 g/mol. The molecule has 0 bridgehead atoms. The minimum absolute atomic E-state index is 0.0307. The zero-order chi connectivity index (χ0) is 22.1. The van der Waals surface area contributed by atoms with Crippen LogP contribution >= 0.6 is 0 Å². The van der Waals surface area contributed by atoms with E-state index in [1.807, 2.05) is 0 Å². The number of anilines is 1. The van der Waals surface area contributed by atoms with Crippen LogP contribution in [-0.2, 0) is 11.2 Å². The van der Waals surface area contributed by atoms with E-state index in [0.717, 1.165) is 25.7 Å². The van der Waals surface area contributed by atoms with Gasteiger partial charge in [-0.15, -0.1) is 5.10 Å². The second kappa shape index (κ2) is 11.8. The molecule has 0 radical (unpaired) electrons. The van der Waals surface area contributed by atoms with Crippen LogP contribution in [0.4, 0.5) is 5.95 Å². The van der Waals surface area contributed by atoms with Gasteiger partial charge in [0, 0.05) is 12.8 Å². The first kappa shape index (κ1) is 23.2. The lowest BCUT2D eigenvalue weighted by molar-refractivity contribution is -0.114. The van der Waals surface area contributed by atoms with E-state index in [-0.39, 0.29) is 23.7 Å². The third kappa shape index (κ3) is 7.01. The largest absolute Gasteiger partial charge is 0.293 e. The molecule has 0 aliphatic heterocycles. The second-order valence-corrected chi connectivity index (χ2v) is 8.84. The summed E-state index contributed by atoms with van der Waals surface area (Å²) in [5.41, 5.74) is 2.83. The maximum Gasteiger partial charge on any atom is 0.251 e. The summed E-state index contributed by atoms with van der Waals surface area (Å²) in [5, 5.41) is 6.59. The van der Waals surface area contributed by atoms with Crippen molar-refractivity contribution in [3.05, 3.63) is 41.7 Å². The fraction of sp³-hybridized carbons (Fsp3) is 0.600. The summed E-state index contributed by atoms with van der Waals surface area (Å²) < 4.78 is 1.27. The Morgan fingerprint density at radius 1 is 1.00 bits per heavy atom. The number of carbonyl (C=O) groups excluding carboxylic acids is 2. The molecule has 1 aromatic heterocycles. The Balaban J connectivity index is 1.43. The van der Waals surface area contributed by atoms with Crippen molar-refractivity contribution in [1.29, 1.82) is 0 Å². The lowest BCUT2D eigenvalue weighted by Crippen LogP contribution is -2.26. The van der Waals surface area contributed by atoms with Crippen LogP contribution in [-0.4, -0.2) is 26.6 Å². The van der Waals surface area contributed by atoms with E-state index in [4.69, 9.17) is 0 Å². The van der Waals surface area contributed by atoms with Crippen molar-refractivity contribution in [2.45, 2.75) is 90.4 Å². The first-order valence-corrected chi connectivity index (χ1v) is 11.9. The van der Waals surface area contributed by atoms with Gasteiger partial charge in [0.05, 0.1) is 0 Å². The Hall–Kier alpha value is -2.50. The van der Waals surface area contributed by atoms with Gasteiger partial charge in [-0.05, 0) is 55.6 Å². The van der Waals surface area contributed by atoms with Crippen LogP contribution in [0.5, 0.6) is 0 Å². The molecular formula is C25H36N4O2. The van der Waals surface area contributed by atoms with E-state index in [9.17, 15) is 9.59 Å². The lowest BCUT2D eigenvalue weighted by atomic mass is 9.78. The molecule has 3 rings (SSSR count). The molecular weight excluding hydrogens is 388 g/mol. The molecule has 0 unspecified atom stereocenters. The van der Waals surface area contributed by atoms with Crippen molar-refractivity contribution in [2.24, 2.45) is 5.92 Å². The third-order valence-electron chi connectivity index (χ3n) is 6.35. The molecule has 1 saturated carbocycles. The predicted molar refractivity (Wildman–Crippen MR) is 123 cm³/mol. The number of carbonyl (C=O) groups is 2. The molecule has 1 aliphatic carbocycles. The first-order valence-electron chi connectivity index (χ1n) is 11.9. The molecule has 1 aromatic carbocycles. The van der Waals surface area contributed by atoms with E-state index >= 15 is 0 Å². The predicted octanol–water partition coefficient (Wildman–Crippen LogP) is 5.75. The summed E-state index contributed by atoms with van der Waals surface area (Å²) in [7, 11) is 0. The summed E-state index contributed by atoms with van der Waals surface area (Å²) >= 11 is 0. The minimum Gasteiger partial charge on any atom is -0.293 e. The van der Waals surface area contributed by atoms with Gasteiger partial charge in [0.1, 0.15) is 6.33 Å². The summed E-state index contributed by atoms with van der Waals surface area (Å²) in [5.74, 6) is 0.393. The Morgan fingerprint density at radius 3 is 2.35 bits per heavy atom. The van der Waals surface area contributed by atoms with Crippen LogP contribution < -0.4 is 5.32 Å². The van der Waals surface area contributed by atoms with Crippen LogP contribution in [0.1, 0.15) is 99.9 Å². The average Bonchev–Trinajstić information content (AvgIpc) is 3.24. The fourth-order valence-corrected chi connectivity index (χ4v) is 4.51. The number of unbranched alkanes of at least 4 members (excludes halogenated alkanes) is 5. The number of nitrogens with zero attached hydrogens (tertiary/aromatic N) is 3. The van der Waals surface area contributed by atoms with Gasteiger partial charge >= 0.3 is 0 Å². The molecule has 168 valence electrons. The number of hydrogen-bond acceptors (Lipinski definition) is 4. The Labute approximate surface area is 185 Å². The summed E-state index contributed by atoms with van der Waals surface area (Å²) in [6.45, 7) is 3.65. The average molecular weight is 425 g/mol. The lowest BCUT2D eigenvalue weighted by Gasteiger charge is -2.27. The van der Waals surface area contributed by atoms with E-state index in [1.165, 1.54) is 74.0 Å². The summed E-state index contributed by atoms with van der Waals surface area (Å²) in [6.07, 6.45) is 14.3. The van der Waals surface area contributed by atoms with Gasteiger partial charge in [-0.25, -0.2) is 0 Å². The molecule has 0 saturated heterocycles. The number of benzene rings is 1. The maximum absolute atomic E-state index is 12.7. The quantitative estimate of drug-likeness (QED) is 0.492. The van der Waals surface area contributed by atoms with Crippen LogP contribution in [0.15, 0.2) is 30.6 Å². The highest BCUT2D eigenvalue weighted by Gasteiger charge is 2.28. The molecule has 1 aliphatic rings. The highest BCUT2D eigenvalue weighted by molar-refractivity contribution is 5.87. The summed E-state index contributed by atoms with van der Waals surface area (Å²) in [6, 6.07) is 9.15. The highest BCUT2D eigenvalue weighted by Crippen LogP contribution is 2.36. The second-order valence-electron chi connectivity index (χ2n) is 8.84. The van der Waals surface area contributed by atoms with E-state index in [2.05, 4.69) is 46.6 Å². The topological polar surface area (TPSA) is 76.9 Å². The van der Waals surface area contributed by atoms with Crippen LogP contribution in [0.3, 0.4) is 0 Å². The van der Waals surface area contributed by atoms with E-state index < -0.39 is 0 Å². The molecule has 6 nitrogen and oxygen atoms in total. The van der Waals surface area contributed by atoms with Crippen molar-refractivity contribution in [1.82, 2.24) is 14.8 Å². The van der Waals surface area contributed by atoms with Gasteiger partial charge in [-0.2, -0.15) is 9.67 Å². The highest BCUT2D eigenvalue weighted by atomic mass is 16.2. The molecule has 1 heterocycles.